The number of hydrogen-bond acceptors (Lipinski definition) is 5. The lowest BCUT2D eigenvalue weighted by Gasteiger charge is -2.22. The van der Waals surface area contributed by atoms with Crippen LogP contribution in [0.5, 0.6) is 5.75 Å². The Morgan fingerprint density at radius 2 is 1.83 bits per heavy atom. The zero-order chi connectivity index (χ0) is 21.1. The smallest absolute Gasteiger partial charge is 0.240 e. The van der Waals surface area contributed by atoms with Crippen molar-refractivity contribution in [3.63, 3.8) is 0 Å². The van der Waals surface area contributed by atoms with Crippen molar-refractivity contribution in [2.24, 2.45) is 11.7 Å². The summed E-state index contributed by atoms with van der Waals surface area (Å²) in [6.07, 6.45) is 4.78. The van der Waals surface area contributed by atoms with Crippen LogP contribution in [0.1, 0.15) is 44.1 Å². The molecule has 1 atom stereocenters. The standard InChI is InChI=1S/C21H32N4O4/c22-21(29)18(25-19(27)3-1-2-15-8-11-23-12-9-15)14-20(28)24-13-10-16-4-6-17(26)7-5-16/h4-7,15,18,23,26H,1-3,8-14H2,(H2,22,29)(H,24,28)(H,25,27)/t18-/m1/s1. The molecule has 0 unspecified atom stereocenters. The number of phenols is 1. The van der Waals surface area contributed by atoms with E-state index in [1.165, 1.54) is 0 Å². The summed E-state index contributed by atoms with van der Waals surface area (Å²) in [4.78, 5) is 35.8. The van der Waals surface area contributed by atoms with E-state index in [0.29, 0.717) is 25.3 Å². The fourth-order valence-corrected chi connectivity index (χ4v) is 3.48. The van der Waals surface area contributed by atoms with Crippen LogP contribution in [0.4, 0.5) is 0 Å². The third-order valence-corrected chi connectivity index (χ3v) is 5.22. The normalized spacial score (nSPS) is 15.4. The molecule has 1 aliphatic heterocycles. The van der Waals surface area contributed by atoms with Crippen molar-refractivity contribution in [1.82, 2.24) is 16.0 Å². The van der Waals surface area contributed by atoms with E-state index < -0.39 is 11.9 Å². The second kappa shape index (κ2) is 12.1. The second-order valence-corrected chi connectivity index (χ2v) is 7.58. The van der Waals surface area contributed by atoms with Crippen LogP contribution < -0.4 is 21.7 Å². The Labute approximate surface area is 171 Å². The Kier molecular flexibility index (Phi) is 9.43. The molecule has 1 aromatic rings. The lowest BCUT2D eigenvalue weighted by molar-refractivity contribution is -0.130. The van der Waals surface area contributed by atoms with E-state index in [-0.39, 0.29) is 24.0 Å². The first kappa shape index (κ1) is 22.7. The number of carbonyl (C=O) groups is 3. The monoisotopic (exact) mass is 404 g/mol. The van der Waals surface area contributed by atoms with E-state index in [9.17, 15) is 19.5 Å². The van der Waals surface area contributed by atoms with Gasteiger partial charge < -0.3 is 26.8 Å². The Morgan fingerprint density at radius 3 is 2.48 bits per heavy atom. The van der Waals surface area contributed by atoms with Crippen LogP contribution in [-0.2, 0) is 20.8 Å². The predicted octanol–water partition coefficient (Wildman–Crippen LogP) is 0.581. The molecular weight excluding hydrogens is 372 g/mol. The lowest BCUT2D eigenvalue weighted by Crippen LogP contribution is -2.47. The van der Waals surface area contributed by atoms with Crippen LogP contribution >= 0.6 is 0 Å². The average Bonchev–Trinajstić information content (AvgIpc) is 2.70. The van der Waals surface area contributed by atoms with Crippen LogP contribution in [0.3, 0.4) is 0 Å². The summed E-state index contributed by atoms with van der Waals surface area (Å²) >= 11 is 0. The van der Waals surface area contributed by atoms with E-state index in [2.05, 4.69) is 16.0 Å². The molecule has 2 rings (SSSR count). The van der Waals surface area contributed by atoms with Crippen LogP contribution in [0, 0.1) is 5.92 Å². The molecule has 0 saturated carbocycles. The molecule has 0 spiro atoms. The maximum Gasteiger partial charge on any atom is 0.240 e. The molecule has 1 aliphatic rings. The van der Waals surface area contributed by atoms with Gasteiger partial charge in [0.25, 0.3) is 0 Å². The predicted molar refractivity (Wildman–Crippen MR) is 110 cm³/mol. The summed E-state index contributed by atoms with van der Waals surface area (Å²) in [5, 5.41) is 17.9. The number of hydrogen-bond donors (Lipinski definition) is 5. The van der Waals surface area contributed by atoms with Crippen molar-refractivity contribution in [1.29, 1.82) is 0 Å². The summed E-state index contributed by atoms with van der Waals surface area (Å²) in [6.45, 7) is 2.45. The van der Waals surface area contributed by atoms with Gasteiger partial charge in [-0.2, -0.15) is 0 Å². The minimum absolute atomic E-state index is 0.176. The summed E-state index contributed by atoms with van der Waals surface area (Å²) in [6, 6.07) is 5.72. The van der Waals surface area contributed by atoms with Crippen LogP contribution in [0.2, 0.25) is 0 Å². The molecule has 1 aromatic carbocycles. The minimum Gasteiger partial charge on any atom is -0.508 e. The van der Waals surface area contributed by atoms with E-state index in [1.54, 1.807) is 24.3 Å². The van der Waals surface area contributed by atoms with Gasteiger partial charge in [0.15, 0.2) is 0 Å². The highest BCUT2D eigenvalue weighted by molar-refractivity contribution is 5.91. The number of phenolic OH excluding ortho intramolecular Hbond substituents is 1. The first-order valence-electron chi connectivity index (χ1n) is 10.3. The zero-order valence-corrected chi connectivity index (χ0v) is 16.8. The van der Waals surface area contributed by atoms with E-state index in [0.717, 1.165) is 44.3 Å². The Bertz CT molecular complexity index is 672. The number of rotatable bonds is 11. The highest BCUT2D eigenvalue weighted by Gasteiger charge is 2.21. The maximum atomic E-state index is 12.1. The number of amides is 3. The van der Waals surface area contributed by atoms with Gasteiger partial charge in [0, 0.05) is 13.0 Å². The van der Waals surface area contributed by atoms with Gasteiger partial charge in [-0.05, 0) is 68.8 Å². The quantitative estimate of drug-likeness (QED) is 0.368. The number of benzene rings is 1. The summed E-state index contributed by atoms with van der Waals surface area (Å²) in [5.41, 5.74) is 6.32. The van der Waals surface area contributed by atoms with Crippen LogP contribution in [-0.4, -0.2) is 48.5 Å². The van der Waals surface area contributed by atoms with E-state index >= 15 is 0 Å². The molecule has 0 aromatic heterocycles. The molecular formula is C21H32N4O4. The molecule has 0 radical (unpaired) electrons. The molecule has 160 valence electrons. The topological polar surface area (TPSA) is 134 Å². The van der Waals surface area contributed by atoms with E-state index in [4.69, 9.17) is 5.73 Å². The highest BCUT2D eigenvalue weighted by atomic mass is 16.3. The van der Waals surface area contributed by atoms with Crippen molar-refractivity contribution in [2.75, 3.05) is 19.6 Å². The lowest BCUT2D eigenvalue weighted by atomic mass is 9.92. The number of nitrogens with two attached hydrogens (primary N) is 1. The summed E-state index contributed by atoms with van der Waals surface area (Å²) in [7, 11) is 0. The Balaban J connectivity index is 1.66. The third-order valence-electron chi connectivity index (χ3n) is 5.22. The van der Waals surface area contributed by atoms with Crippen LogP contribution in [0.25, 0.3) is 0 Å². The van der Waals surface area contributed by atoms with Gasteiger partial charge in [0.1, 0.15) is 11.8 Å². The maximum absolute atomic E-state index is 12.1. The molecule has 1 saturated heterocycles. The van der Waals surface area contributed by atoms with Gasteiger partial charge in [-0.3, -0.25) is 14.4 Å². The molecule has 0 aliphatic carbocycles. The SMILES string of the molecule is NC(=O)[C@@H](CC(=O)NCCc1ccc(O)cc1)NC(=O)CCCC1CCNCC1. The van der Waals surface area contributed by atoms with Crippen molar-refractivity contribution >= 4 is 17.7 Å². The van der Waals surface area contributed by atoms with Crippen molar-refractivity contribution in [3.8, 4) is 5.75 Å². The zero-order valence-electron chi connectivity index (χ0n) is 16.8. The summed E-state index contributed by atoms with van der Waals surface area (Å²) in [5.74, 6) is -0.475. The van der Waals surface area contributed by atoms with Gasteiger partial charge >= 0.3 is 0 Å². The van der Waals surface area contributed by atoms with Gasteiger partial charge in [-0.1, -0.05) is 12.1 Å². The second-order valence-electron chi connectivity index (χ2n) is 7.58. The molecule has 0 bridgehead atoms. The van der Waals surface area contributed by atoms with Crippen molar-refractivity contribution in [2.45, 2.75) is 51.0 Å². The third kappa shape index (κ3) is 8.95. The number of piperidine rings is 1. The molecule has 8 heteroatoms. The fourth-order valence-electron chi connectivity index (χ4n) is 3.48. The molecule has 1 heterocycles. The largest absolute Gasteiger partial charge is 0.508 e. The highest BCUT2D eigenvalue weighted by Crippen LogP contribution is 2.18. The number of carbonyl (C=O) groups excluding carboxylic acids is 3. The van der Waals surface area contributed by atoms with Gasteiger partial charge in [-0.25, -0.2) is 0 Å². The van der Waals surface area contributed by atoms with Gasteiger partial charge in [-0.15, -0.1) is 0 Å². The molecule has 1 fully saturated rings. The van der Waals surface area contributed by atoms with Crippen molar-refractivity contribution in [3.05, 3.63) is 29.8 Å². The number of aromatic hydroxyl groups is 1. The fraction of sp³-hybridized carbons (Fsp3) is 0.571. The Morgan fingerprint density at radius 1 is 1.14 bits per heavy atom. The first-order chi connectivity index (χ1) is 13.9. The first-order valence-corrected chi connectivity index (χ1v) is 10.3. The Hall–Kier alpha value is -2.61. The van der Waals surface area contributed by atoms with Crippen LogP contribution in [0.15, 0.2) is 24.3 Å². The van der Waals surface area contributed by atoms with Gasteiger partial charge in [0.05, 0.1) is 6.42 Å². The van der Waals surface area contributed by atoms with Crippen molar-refractivity contribution < 1.29 is 19.5 Å². The molecule has 6 N–H and O–H groups in total. The minimum atomic E-state index is -1.00. The molecule has 3 amide bonds. The number of nitrogens with one attached hydrogen (secondary N) is 3. The van der Waals surface area contributed by atoms with Gasteiger partial charge in [0.2, 0.25) is 17.7 Å². The molecule has 8 nitrogen and oxygen atoms in total. The summed E-state index contributed by atoms with van der Waals surface area (Å²) < 4.78 is 0. The number of primary amides is 1. The average molecular weight is 405 g/mol. The molecule has 29 heavy (non-hydrogen) atoms. The van der Waals surface area contributed by atoms with E-state index in [1.807, 2.05) is 0 Å².